The lowest BCUT2D eigenvalue weighted by Gasteiger charge is -2.43. The summed E-state index contributed by atoms with van der Waals surface area (Å²) in [5, 5.41) is 12.0. The number of hydrogen-bond acceptors (Lipinski definition) is 2. The highest BCUT2D eigenvalue weighted by atomic mass is 16.4. The second kappa shape index (κ2) is 5.62. The Morgan fingerprint density at radius 2 is 2.00 bits per heavy atom. The minimum absolute atomic E-state index is 0.0264. The fraction of sp³-hybridized carbons (Fsp3) is 0.867. The number of aliphatic carboxylic acids is 1. The molecule has 0 aromatic heterocycles. The molecule has 1 aliphatic carbocycles. The summed E-state index contributed by atoms with van der Waals surface area (Å²) in [5.74, 6) is -1.04. The van der Waals surface area contributed by atoms with Crippen molar-refractivity contribution in [1.82, 2.24) is 10.2 Å². The molecule has 2 aliphatic rings. The number of carboxylic acid groups (broad SMARTS) is 1. The van der Waals surface area contributed by atoms with Crippen molar-refractivity contribution in [2.45, 2.75) is 52.5 Å². The topological polar surface area (TPSA) is 69.6 Å². The van der Waals surface area contributed by atoms with E-state index in [-0.39, 0.29) is 23.9 Å². The van der Waals surface area contributed by atoms with Crippen molar-refractivity contribution in [2.75, 3.05) is 13.1 Å². The lowest BCUT2D eigenvalue weighted by atomic mass is 9.75. The first-order valence-electron chi connectivity index (χ1n) is 7.57. The zero-order chi connectivity index (χ0) is 14.9. The largest absolute Gasteiger partial charge is 0.481 e. The van der Waals surface area contributed by atoms with E-state index in [2.05, 4.69) is 19.2 Å². The van der Waals surface area contributed by atoms with Gasteiger partial charge in [-0.2, -0.15) is 0 Å². The van der Waals surface area contributed by atoms with Gasteiger partial charge in [-0.15, -0.1) is 0 Å². The summed E-state index contributed by atoms with van der Waals surface area (Å²) >= 11 is 0. The van der Waals surface area contributed by atoms with Crippen LogP contribution >= 0.6 is 0 Å². The van der Waals surface area contributed by atoms with Crippen LogP contribution in [-0.4, -0.2) is 41.1 Å². The maximum atomic E-state index is 12.1. The minimum Gasteiger partial charge on any atom is -0.481 e. The minimum atomic E-state index is -0.774. The van der Waals surface area contributed by atoms with Gasteiger partial charge in [-0.1, -0.05) is 27.2 Å². The molecule has 5 nitrogen and oxygen atoms in total. The Bertz CT molecular complexity index is 389. The van der Waals surface area contributed by atoms with Gasteiger partial charge in [-0.25, -0.2) is 4.79 Å². The van der Waals surface area contributed by atoms with Gasteiger partial charge in [0.2, 0.25) is 0 Å². The van der Waals surface area contributed by atoms with Gasteiger partial charge < -0.3 is 15.3 Å². The smallest absolute Gasteiger partial charge is 0.317 e. The summed E-state index contributed by atoms with van der Waals surface area (Å²) in [6.07, 6.45) is 4.47. The van der Waals surface area contributed by atoms with Crippen LogP contribution in [0.5, 0.6) is 0 Å². The first-order valence-corrected chi connectivity index (χ1v) is 7.57. The standard InChI is InChI=1S/C15H26N2O3/c1-10(13(18)19)11-8-17(9-11)14(20)16-12-5-4-6-15(2,3)7-12/h10-12H,4-9H2,1-3H3,(H,16,20)(H,18,19). The van der Waals surface area contributed by atoms with Gasteiger partial charge in [0.15, 0.2) is 0 Å². The van der Waals surface area contributed by atoms with Crippen molar-refractivity contribution in [3.8, 4) is 0 Å². The zero-order valence-corrected chi connectivity index (χ0v) is 12.7. The van der Waals surface area contributed by atoms with Crippen molar-refractivity contribution in [1.29, 1.82) is 0 Å². The van der Waals surface area contributed by atoms with E-state index >= 15 is 0 Å². The molecule has 2 unspecified atom stereocenters. The van der Waals surface area contributed by atoms with Crippen LogP contribution < -0.4 is 5.32 Å². The third-order valence-electron chi connectivity index (χ3n) is 4.83. The third-order valence-corrected chi connectivity index (χ3v) is 4.83. The molecule has 5 heteroatoms. The summed E-state index contributed by atoms with van der Waals surface area (Å²) in [5.41, 5.74) is 0.311. The Morgan fingerprint density at radius 3 is 2.55 bits per heavy atom. The molecule has 20 heavy (non-hydrogen) atoms. The number of carbonyl (C=O) groups is 2. The van der Waals surface area contributed by atoms with Crippen molar-refractivity contribution in [3.63, 3.8) is 0 Å². The lowest BCUT2D eigenvalue weighted by Crippen LogP contribution is -2.58. The molecule has 0 aromatic carbocycles. The Morgan fingerprint density at radius 1 is 1.35 bits per heavy atom. The van der Waals surface area contributed by atoms with Gasteiger partial charge in [-0.3, -0.25) is 4.79 Å². The first-order chi connectivity index (χ1) is 9.28. The number of nitrogens with zero attached hydrogens (tertiary/aromatic N) is 1. The SMILES string of the molecule is CC(C(=O)O)C1CN(C(=O)NC2CCCC(C)(C)C2)C1. The number of amides is 2. The molecule has 2 fully saturated rings. The third kappa shape index (κ3) is 3.44. The van der Waals surface area contributed by atoms with E-state index in [0.29, 0.717) is 18.5 Å². The van der Waals surface area contributed by atoms with Gasteiger partial charge in [0.05, 0.1) is 5.92 Å². The van der Waals surface area contributed by atoms with E-state index in [1.54, 1.807) is 11.8 Å². The highest BCUT2D eigenvalue weighted by Gasteiger charge is 2.38. The Kier molecular flexibility index (Phi) is 4.25. The summed E-state index contributed by atoms with van der Waals surface area (Å²) < 4.78 is 0. The summed E-state index contributed by atoms with van der Waals surface area (Å²) in [4.78, 5) is 24.7. The Balaban J connectivity index is 1.76. The zero-order valence-electron chi connectivity index (χ0n) is 12.7. The van der Waals surface area contributed by atoms with Gasteiger partial charge in [-0.05, 0) is 24.7 Å². The van der Waals surface area contributed by atoms with E-state index in [1.807, 2.05) is 0 Å². The molecule has 0 radical (unpaired) electrons. The molecule has 1 aliphatic heterocycles. The maximum Gasteiger partial charge on any atom is 0.317 e. The second-order valence-electron chi connectivity index (χ2n) is 7.20. The highest BCUT2D eigenvalue weighted by Crippen LogP contribution is 2.35. The monoisotopic (exact) mass is 282 g/mol. The molecule has 114 valence electrons. The van der Waals surface area contributed by atoms with E-state index in [1.165, 1.54) is 6.42 Å². The molecule has 0 aromatic rings. The lowest BCUT2D eigenvalue weighted by molar-refractivity contribution is -0.144. The van der Waals surface area contributed by atoms with Crippen LogP contribution in [0.15, 0.2) is 0 Å². The number of hydrogen-bond donors (Lipinski definition) is 2. The van der Waals surface area contributed by atoms with Crippen molar-refractivity contribution in [2.24, 2.45) is 17.3 Å². The number of rotatable bonds is 3. The van der Waals surface area contributed by atoms with E-state index < -0.39 is 5.97 Å². The van der Waals surface area contributed by atoms with Gasteiger partial charge in [0.25, 0.3) is 0 Å². The number of likely N-dealkylation sites (tertiary alicyclic amines) is 1. The number of urea groups is 1. The number of carboxylic acids is 1. The summed E-state index contributed by atoms with van der Waals surface area (Å²) in [6.45, 7) is 7.34. The molecular weight excluding hydrogens is 256 g/mol. The van der Waals surface area contributed by atoms with Crippen molar-refractivity contribution in [3.05, 3.63) is 0 Å². The Labute approximate surface area is 120 Å². The van der Waals surface area contributed by atoms with Gasteiger partial charge in [0.1, 0.15) is 0 Å². The van der Waals surface area contributed by atoms with Crippen LogP contribution in [0.25, 0.3) is 0 Å². The van der Waals surface area contributed by atoms with Gasteiger partial charge in [0, 0.05) is 25.0 Å². The van der Waals surface area contributed by atoms with E-state index in [4.69, 9.17) is 5.11 Å². The normalized spacial score (nSPS) is 27.6. The van der Waals surface area contributed by atoms with Crippen LogP contribution in [0.3, 0.4) is 0 Å². The average Bonchev–Trinajstić information content (AvgIpc) is 2.24. The number of carbonyl (C=O) groups excluding carboxylic acids is 1. The second-order valence-corrected chi connectivity index (χ2v) is 7.20. The fourth-order valence-electron chi connectivity index (χ4n) is 3.28. The van der Waals surface area contributed by atoms with E-state index in [9.17, 15) is 9.59 Å². The molecule has 2 N–H and O–H groups in total. The molecule has 1 saturated carbocycles. The molecule has 1 heterocycles. The van der Waals surface area contributed by atoms with Crippen LogP contribution in [0.2, 0.25) is 0 Å². The fourth-order valence-corrected chi connectivity index (χ4v) is 3.28. The number of nitrogens with one attached hydrogen (secondary N) is 1. The summed E-state index contributed by atoms with van der Waals surface area (Å²) in [6, 6.07) is 0.240. The Hall–Kier alpha value is -1.26. The van der Waals surface area contributed by atoms with Crippen LogP contribution in [0.1, 0.15) is 46.5 Å². The average molecular weight is 282 g/mol. The molecular formula is C15H26N2O3. The molecule has 2 rings (SSSR count). The molecule has 0 bridgehead atoms. The summed E-state index contributed by atoms with van der Waals surface area (Å²) in [7, 11) is 0. The highest BCUT2D eigenvalue weighted by molar-refractivity contribution is 5.76. The van der Waals surface area contributed by atoms with Gasteiger partial charge >= 0.3 is 12.0 Å². The van der Waals surface area contributed by atoms with Crippen LogP contribution in [0.4, 0.5) is 4.79 Å². The molecule has 2 atom stereocenters. The van der Waals surface area contributed by atoms with Crippen molar-refractivity contribution >= 4 is 12.0 Å². The predicted molar refractivity (Wildman–Crippen MR) is 76.4 cm³/mol. The maximum absolute atomic E-state index is 12.1. The predicted octanol–water partition coefficient (Wildman–Crippen LogP) is 2.32. The van der Waals surface area contributed by atoms with Crippen LogP contribution in [-0.2, 0) is 4.79 Å². The van der Waals surface area contributed by atoms with E-state index in [0.717, 1.165) is 19.3 Å². The molecule has 2 amide bonds. The molecule has 1 saturated heterocycles. The first kappa shape index (κ1) is 15.1. The van der Waals surface area contributed by atoms with Crippen LogP contribution in [0, 0.1) is 17.3 Å². The quantitative estimate of drug-likeness (QED) is 0.834. The van der Waals surface area contributed by atoms with Crippen molar-refractivity contribution < 1.29 is 14.7 Å². The molecule has 0 spiro atoms.